The van der Waals surface area contributed by atoms with Gasteiger partial charge in [-0.1, -0.05) is 6.92 Å². The lowest BCUT2D eigenvalue weighted by Crippen LogP contribution is -2.36. The van der Waals surface area contributed by atoms with Crippen LogP contribution in [0.15, 0.2) is 24.3 Å². The Balaban J connectivity index is 1.86. The molecule has 1 aromatic carbocycles. The van der Waals surface area contributed by atoms with Crippen molar-refractivity contribution < 1.29 is 9.53 Å². The number of anilines is 2. The summed E-state index contributed by atoms with van der Waals surface area (Å²) in [5.41, 5.74) is 2.02. The van der Waals surface area contributed by atoms with E-state index in [2.05, 4.69) is 27.7 Å². The number of hydrogen-bond donors (Lipinski definition) is 2. The van der Waals surface area contributed by atoms with Gasteiger partial charge in [0, 0.05) is 38.1 Å². The van der Waals surface area contributed by atoms with E-state index in [1.807, 2.05) is 19.1 Å². The van der Waals surface area contributed by atoms with Crippen LogP contribution in [-0.2, 0) is 4.74 Å². The Hall–Kier alpha value is -1.75. The highest BCUT2D eigenvalue weighted by Gasteiger charge is 2.18. The SMILES string of the molecule is CCCNC(=O)Nc1ccc(N2CCC(OC)CC2)cc1. The summed E-state index contributed by atoms with van der Waals surface area (Å²) < 4.78 is 5.39. The molecule has 2 N–H and O–H groups in total. The maximum atomic E-state index is 11.6. The van der Waals surface area contributed by atoms with E-state index in [1.165, 1.54) is 5.69 Å². The van der Waals surface area contributed by atoms with Gasteiger partial charge in [0.2, 0.25) is 0 Å². The second-order valence-corrected chi connectivity index (χ2v) is 5.35. The van der Waals surface area contributed by atoms with E-state index in [1.54, 1.807) is 7.11 Å². The normalized spacial score (nSPS) is 15.8. The van der Waals surface area contributed by atoms with Crippen LogP contribution in [0.5, 0.6) is 0 Å². The summed E-state index contributed by atoms with van der Waals surface area (Å²) in [5.74, 6) is 0. The Kier molecular flexibility index (Phi) is 5.87. The number of nitrogens with zero attached hydrogens (tertiary/aromatic N) is 1. The number of amides is 2. The third-order valence-electron chi connectivity index (χ3n) is 3.80. The van der Waals surface area contributed by atoms with Gasteiger partial charge in [-0.2, -0.15) is 0 Å². The van der Waals surface area contributed by atoms with Crippen LogP contribution in [0, 0.1) is 0 Å². The first-order valence-electron chi connectivity index (χ1n) is 7.65. The minimum Gasteiger partial charge on any atom is -0.381 e. The van der Waals surface area contributed by atoms with Crippen LogP contribution in [-0.4, -0.2) is 38.9 Å². The zero-order chi connectivity index (χ0) is 15.1. The lowest BCUT2D eigenvalue weighted by atomic mass is 10.1. The van der Waals surface area contributed by atoms with E-state index < -0.39 is 0 Å². The number of urea groups is 1. The zero-order valence-electron chi connectivity index (χ0n) is 12.9. The first-order chi connectivity index (χ1) is 10.2. The van der Waals surface area contributed by atoms with Crippen LogP contribution in [0.4, 0.5) is 16.2 Å². The van der Waals surface area contributed by atoms with Gasteiger partial charge in [0.25, 0.3) is 0 Å². The molecule has 0 aromatic heterocycles. The number of nitrogens with one attached hydrogen (secondary N) is 2. The summed E-state index contributed by atoms with van der Waals surface area (Å²) in [6.45, 7) is 4.75. The van der Waals surface area contributed by atoms with Crippen LogP contribution >= 0.6 is 0 Å². The molecule has 2 amide bonds. The number of rotatable bonds is 5. The van der Waals surface area contributed by atoms with Gasteiger partial charge >= 0.3 is 6.03 Å². The molecule has 1 aliphatic heterocycles. The smallest absolute Gasteiger partial charge is 0.319 e. The molecule has 5 heteroatoms. The molecule has 0 saturated carbocycles. The Morgan fingerprint density at radius 1 is 1.29 bits per heavy atom. The summed E-state index contributed by atoms with van der Waals surface area (Å²) in [6, 6.07) is 7.86. The van der Waals surface area contributed by atoms with Gasteiger partial charge in [0.1, 0.15) is 0 Å². The van der Waals surface area contributed by atoms with E-state index in [0.717, 1.165) is 38.0 Å². The van der Waals surface area contributed by atoms with Gasteiger partial charge in [-0.15, -0.1) is 0 Å². The highest BCUT2D eigenvalue weighted by Crippen LogP contribution is 2.22. The molecule has 5 nitrogen and oxygen atoms in total. The first kappa shape index (κ1) is 15.6. The van der Waals surface area contributed by atoms with Crippen molar-refractivity contribution in [3.05, 3.63) is 24.3 Å². The van der Waals surface area contributed by atoms with Gasteiger partial charge in [-0.3, -0.25) is 0 Å². The average molecular weight is 291 g/mol. The molecule has 0 aliphatic carbocycles. The molecule has 1 heterocycles. The summed E-state index contributed by atoms with van der Waals surface area (Å²) in [6.07, 6.45) is 3.46. The number of carbonyl (C=O) groups excluding carboxylic acids is 1. The molecule has 1 aliphatic rings. The number of benzene rings is 1. The largest absolute Gasteiger partial charge is 0.381 e. The summed E-state index contributed by atoms with van der Waals surface area (Å²) >= 11 is 0. The molecule has 0 radical (unpaired) electrons. The van der Waals surface area contributed by atoms with E-state index in [4.69, 9.17) is 4.74 Å². The second-order valence-electron chi connectivity index (χ2n) is 5.35. The highest BCUT2D eigenvalue weighted by atomic mass is 16.5. The lowest BCUT2D eigenvalue weighted by Gasteiger charge is -2.33. The predicted octanol–water partition coefficient (Wildman–Crippen LogP) is 2.83. The molecule has 0 spiro atoms. The summed E-state index contributed by atoms with van der Waals surface area (Å²) in [7, 11) is 1.78. The van der Waals surface area contributed by atoms with Crippen molar-refractivity contribution in [3.63, 3.8) is 0 Å². The van der Waals surface area contributed by atoms with Gasteiger partial charge in [-0.05, 0) is 43.5 Å². The van der Waals surface area contributed by atoms with Crippen LogP contribution < -0.4 is 15.5 Å². The van der Waals surface area contributed by atoms with E-state index >= 15 is 0 Å². The van der Waals surface area contributed by atoms with Crippen molar-refractivity contribution in [3.8, 4) is 0 Å². The summed E-state index contributed by atoms with van der Waals surface area (Å²) in [4.78, 5) is 13.9. The van der Waals surface area contributed by atoms with Crippen LogP contribution in [0.3, 0.4) is 0 Å². The van der Waals surface area contributed by atoms with Gasteiger partial charge in [0.05, 0.1) is 6.10 Å². The zero-order valence-corrected chi connectivity index (χ0v) is 12.9. The van der Waals surface area contributed by atoms with Gasteiger partial charge in [0.15, 0.2) is 0 Å². The molecule has 1 fully saturated rings. The van der Waals surface area contributed by atoms with E-state index in [9.17, 15) is 4.79 Å². The fraction of sp³-hybridized carbons (Fsp3) is 0.562. The number of methoxy groups -OCH3 is 1. The van der Waals surface area contributed by atoms with Gasteiger partial charge < -0.3 is 20.3 Å². The number of piperidine rings is 1. The Morgan fingerprint density at radius 3 is 2.52 bits per heavy atom. The first-order valence-corrected chi connectivity index (χ1v) is 7.65. The van der Waals surface area contributed by atoms with Crippen LogP contribution in [0.25, 0.3) is 0 Å². The van der Waals surface area contributed by atoms with Crippen molar-refractivity contribution >= 4 is 17.4 Å². The minimum absolute atomic E-state index is 0.148. The predicted molar refractivity (Wildman–Crippen MR) is 86.0 cm³/mol. The maximum absolute atomic E-state index is 11.6. The standard InChI is InChI=1S/C16H25N3O2/c1-3-10-17-16(20)18-13-4-6-14(7-5-13)19-11-8-15(21-2)9-12-19/h4-7,15H,3,8-12H2,1-2H3,(H2,17,18,20). The number of carbonyl (C=O) groups is 1. The molecule has 0 atom stereocenters. The topological polar surface area (TPSA) is 53.6 Å². The third kappa shape index (κ3) is 4.63. The minimum atomic E-state index is -0.148. The molecular weight excluding hydrogens is 266 g/mol. The highest BCUT2D eigenvalue weighted by molar-refractivity contribution is 5.89. The monoisotopic (exact) mass is 291 g/mol. The second kappa shape index (κ2) is 7.88. The molecule has 1 aromatic rings. The number of ether oxygens (including phenoxy) is 1. The van der Waals surface area contributed by atoms with Crippen molar-refractivity contribution in [2.75, 3.05) is 37.0 Å². The molecule has 116 valence electrons. The molecule has 2 rings (SSSR count). The number of hydrogen-bond acceptors (Lipinski definition) is 3. The maximum Gasteiger partial charge on any atom is 0.319 e. The summed E-state index contributed by atoms with van der Waals surface area (Å²) in [5, 5.41) is 5.63. The van der Waals surface area contributed by atoms with Crippen molar-refractivity contribution in [1.82, 2.24) is 5.32 Å². The van der Waals surface area contributed by atoms with Crippen molar-refractivity contribution in [2.24, 2.45) is 0 Å². The Labute approximate surface area is 126 Å². The van der Waals surface area contributed by atoms with Gasteiger partial charge in [-0.25, -0.2) is 4.79 Å². The molecular formula is C16H25N3O2. The quantitative estimate of drug-likeness (QED) is 0.877. The van der Waals surface area contributed by atoms with E-state index in [-0.39, 0.29) is 6.03 Å². The van der Waals surface area contributed by atoms with Crippen molar-refractivity contribution in [2.45, 2.75) is 32.3 Å². The molecule has 1 saturated heterocycles. The molecule has 21 heavy (non-hydrogen) atoms. The van der Waals surface area contributed by atoms with Crippen molar-refractivity contribution in [1.29, 1.82) is 0 Å². The fourth-order valence-electron chi connectivity index (χ4n) is 2.52. The fourth-order valence-corrected chi connectivity index (χ4v) is 2.52. The molecule has 0 unspecified atom stereocenters. The Morgan fingerprint density at radius 2 is 1.95 bits per heavy atom. The lowest BCUT2D eigenvalue weighted by molar-refractivity contribution is 0.0819. The Bertz CT molecular complexity index is 439. The molecule has 0 bridgehead atoms. The third-order valence-corrected chi connectivity index (χ3v) is 3.80. The van der Waals surface area contributed by atoms with Crippen LogP contribution in [0.2, 0.25) is 0 Å². The van der Waals surface area contributed by atoms with E-state index in [0.29, 0.717) is 12.6 Å². The average Bonchev–Trinajstić information content (AvgIpc) is 2.54. The van der Waals surface area contributed by atoms with Crippen LogP contribution in [0.1, 0.15) is 26.2 Å².